The van der Waals surface area contributed by atoms with Crippen molar-refractivity contribution in [2.45, 2.75) is 20.1 Å². The van der Waals surface area contributed by atoms with Crippen molar-refractivity contribution < 1.29 is 9.90 Å². The molecule has 74 valence electrons. The first kappa shape index (κ1) is 9.15. The summed E-state index contributed by atoms with van der Waals surface area (Å²) in [6.07, 6.45) is 0. The van der Waals surface area contributed by atoms with Crippen molar-refractivity contribution in [3.05, 3.63) is 29.1 Å². The molecule has 1 aromatic rings. The Balaban J connectivity index is 2.40. The summed E-state index contributed by atoms with van der Waals surface area (Å²) in [4.78, 5) is 17.5. The van der Waals surface area contributed by atoms with Crippen molar-refractivity contribution in [3.63, 3.8) is 0 Å². The van der Waals surface area contributed by atoms with E-state index in [1.54, 1.807) is 11.0 Å². The minimum Gasteiger partial charge on any atom is -0.390 e. The van der Waals surface area contributed by atoms with Crippen LogP contribution in [0, 0.1) is 0 Å². The highest BCUT2D eigenvalue weighted by Gasteiger charge is 2.27. The lowest BCUT2D eigenvalue weighted by molar-refractivity contribution is 0.0782. The largest absolute Gasteiger partial charge is 0.390 e. The number of rotatable bonds is 2. The number of aromatic nitrogens is 1. The minimum atomic E-state index is -0.118. The molecule has 0 radical (unpaired) electrons. The van der Waals surface area contributed by atoms with Gasteiger partial charge in [0.1, 0.15) is 5.69 Å². The minimum absolute atomic E-state index is 0.0298. The SMILES string of the molecule is CCN1Cc2ccc(CO)nc2C1=O. The summed E-state index contributed by atoms with van der Waals surface area (Å²) in [7, 11) is 0. The fourth-order valence-electron chi connectivity index (χ4n) is 1.61. The number of amides is 1. The molecular weight excluding hydrogens is 180 g/mol. The molecule has 1 amide bonds. The van der Waals surface area contributed by atoms with Gasteiger partial charge in [0.25, 0.3) is 5.91 Å². The van der Waals surface area contributed by atoms with Crippen molar-refractivity contribution in [1.29, 1.82) is 0 Å². The highest BCUT2D eigenvalue weighted by Crippen LogP contribution is 2.20. The van der Waals surface area contributed by atoms with Crippen LogP contribution >= 0.6 is 0 Å². The second-order valence-corrected chi connectivity index (χ2v) is 3.29. The topological polar surface area (TPSA) is 53.4 Å². The van der Waals surface area contributed by atoms with E-state index in [1.165, 1.54) is 0 Å². The normalized spacial score (nSPS) is 14.7. The predicted molar refractivity (Wildman–Crippen MR) is 50.6 cm³/mol. The smallest absolute Gasteiger partial charge is 0.273 e. The molecule has 0 fully saturated rings. The maximum atomic E-state index is 11.7. The molecule has 1 aliphatic rings. The zero-order valence-electron chi connectivity index (χ0n) is 8.03. The Morgan fingerprint density at radius 2 is 2.36 bits per heavy atom. The van der Waals surface area contributed by atoms with Gasteiger partial charge in [0.05, 0.1) is 12.3 Å². The van der Waals surface area contributed by atoms with Gasteiger partial charge in [0.15, 0.2) is 0 Å². The number of hydrogen-bond donors (Lipinski definition) is 1. The quantitative estimate of drug-likeness (QED) is 0.744. The Labute approximate surface area is 82.2 Å². The molecule has 0 saturated heterocycles. The van der Waals surface area contributed by atoms with Gasteiger partial charge in [-0.2, -0.15) is 0 Å². The first-order valence-electron chi connectivity index (χ1n) is 4.65. The number of aliphatic hydroxyl groups excluding tert-OH is 1. The van der Waals surface area contributed by atoms with E-state index >= 15 is 0 Å². The van der Waals surface area contributed by atoms with Crippen LogP contribution in [0.4, 0.5) is 0 Å². The van der Waals surface area contributed by atoms with Crippen LogP contribution in [0.15, 0.2) is 12.1 Å². The van der Waals surface area contributed by atoms with E-state index in [0.29, 0.717) is 24.5 Å². The van der Waals surface area contributed by atoms with E-state index in [9.17, 15) is 4.79 Å². The van der Waals surface area contributed by atoms with Crippen LogP contribution in [0.5, 0.6) is 0 Å². The van der Waals surface area contributed by atoms with Crippen molar-refractivity contribution in [2.75, 3.05) is 6.54 Å². The first-order chi connectivity index (χ1) is 6.76. The Morgan fingerprint density at radius 3 is 3.00 bits per heavy atom. The van der Waals surface area contributed by atoms with E-state index in [-0.39, 0.29) is 12.5 Å². The van der Waals surface area contributed by atoms with Crippen molar-refractivity contribution in [2.24, 2.45) is 0 Å². The van der Waals surface area contributed by atoms with E-state index in [1.807, 2.05) is 13.0 Å². The van der Waals surface area contributed by atoms with Gasteiger partial charge in [-0.3, -0.25) is 4.79 Å². The molecule has 0 spiro atoms. The molecule has 1 N–H and O–H groups in total. The fraction of sp³-hybridized carbons (Fsp3) is 0.400. The van der Waals surface area contributed by atoms with Crippen LogP contribution in [0.3, 0.4) is 0 Å². The van der Waals surface area contributed by atoms with E-state index in [2.05, 4.69) is 4.98 Å². The van der Waals surface area contributed by atoms with Crippen molar-refractivity contribution in [1.82, 2.24) is 9.88 Å². The Morgan fingerprint density at radius 1 is 1.57 bits per heavy atom. The summed E-state index contributed by atoms with van der Waals surface area (Å²) in [5.74, 6) is -0.0298. The third-order valence-corrected chi connectivity index (χ3v) is 2.43. The van der Waals surface area contributed by atoms with E-state index in [0.717, 1.165) is 5.56 Å². The summed E-state index contributed by atoms with van der Waals surface area (Å²) in [6, 6.07) is 3.62. The van der Waals surface area contributed by atoms with Gasteiger partial charge in [-0.1, -0.05) is 6.07 Å². The number of aliphatic hydroxyl groups is 1. The van der Waals surface area contributed by atoms with Crippen LogP contribution in [-0.4, -0.2) is 27.4 Å². The van der Waals surface area contributed by atoms with Crippen LogP contribution in [0.1, 0.15) is 28.7 Å². The molecule has 2 rings (SSSR count). The number of fused-ring (bicyclic) bond motifs is 1. The third-order valence-electron chi connectivity index (χ3n) is 2.43. The van der Waals surface area contributed by atoms with Crippen LogP contribution in [0.25, 0.3) is 0 Å². The summed E-state index contributed by atoms with van der Waals surface area (Å²) in [5, 5.41) is 8.89. The first-order valence-corrected chi connectivity index (χ1v) is 4.65. The lowest BCUT2D eigenvalue weighted by Gasteiger charge is -2.10. The molecule has 0 atom stereocenters. The zero-order chi connectivity index (χ0) is 10.1. The molecule has 0 bridgehead atoms. The van der Waals surface area contributed by atoms with Crippen molar-refractivity contribution >= 4 is 5.91 Å². The van der Waals surface area contributed by atoms with Gasteiger partial charge in [0, 0.05) is 18.7 Å². The standard InChI is InChI=1S/C10H12N2O2/c1-2-12-5-7-3-4-8(6-13)11-9(7)10(12)14/h3-4,13H,2,5-6H2,1H3. The molecule has 0 saturated carbocycles. The summed E-state index contributed by atoms with van der Waals surface area (Å²) < 4.78 is 0. The van der Waals surface area contributed by atoms with Gasteiger partial charge in [-0.25, -0.2) is 4.98 Å². The molecule has 0 aliphatic carbocycles. The number of carbonyl (C=O) groups excluding carboxylic acids is 1. The average molecular weight is 192 g/mol. The summed E-state index contributed by atoms with van der Waals surface area (Å²) in [5.41, 5.74) is 2.00. The fourth-order valence-corrected chi connectivity index (χ4v) is 1.61. The molecule has 4 nitrogen and oxygen atoms in total. The van der Waals surface area contributed by atoms with Gasteiger partial charge in [-0.05, 0) is 13.0 Å². The molecule has 1 aliphatic heterocycles. The van der Waals surface area contributed by atoms with Crippen LogP contribution in [0.2, 0.25) is 0 Å². The maximum absolute atomic E-state index is 11.7. The lowest BCUT2D eigenvalue weighted by Crippen LogP contribution is -2.23. The monoisotopic (exact) mass is 192 g/mol. The van der Waals surface area contributed by atoms with Gasteiger partial charge >= 0.3 is 0 Å². The Bertz CT molecular complexity index is 376. The number of nitrogens with zero attached hydrogens (tertiary/aromatic N) is 2. The molecule has 4 heteroatoms. The molecule has 2 heterocycles. The van der Waals surface area contributed by atoms with Gasteiger partial charge < -0.3 is 10.0 Å². The summed E-state index contributed by atoms with van der Waals surface area (Å²) >= 11 is 0. The number of hydrogen-bond acceptors (Lipinski definition) is 3. The average Bonchev–Trinajstić information content (AvgIpc) is 2.55. The predicted octanol–water partition coefficient (Wildman–Crippen LogP) is 0.550. The Kier molecular flexibility index (Phi) is 2.21. The van der Waals surface area contributed by atoms with E-state index in [4.69, 9.17) is 5.11 Å². The highest BCUT2D eigenvalue weighted by molar-refractivity contribution is 5.96. The summed E-state index contributed by atoms with van der Waals surface area (Å²) in [6.45, 7) is 3.16. The Hall–Kier alpha value is -1.42. The zero-order valence-corrected chi connectivity index (χ0v) is 8.03. The van der Waals surface area contributed by atoms with Crippen LogP contribution < -0.4 is 0 Å². The second kappa shape index (κ2) is 3.38. The number of pyridine rings is 1. The third kappa shape index (κ3) is 1.28. The van der Waals surface area contributed by atoms with Gasteiger partial charge in [-0.15, -0.1) is 0 Å². The maximum Gasteiger partial charge on any atom is 0.273 e. The number of carbonyl (C=O) groups is 1. The van der Waals surface area contributed by atoms with Crippen molar-refractivity contribution in [3.8, 4) is 0 Å². The lowest BCUT2D eigenvalue weighted by atomic mass is 10.2. The molecule has 1 aromatic heterocycles. The molecule has 0 unspecified atom stereocenters. The van der Waals surface area contributed by atoms with Crippen LogP contribution in [-0.2, 0) is 13.2 Å². The van der Waals surface area contributed by atoms with Gasteiger partial charge in [0.2, 0.25) is 0 Å². The second-order valence-electron chi connectivity index (χ2n) is 3.29. The van der Waals surface area contributed by atoms with E-state index < -0.39 is 0 Å². The highest BCUT2D eigenvalue weighted by atomic mass is 16.3. The molecule has 14 heavy (non-hydrogen) atoms. The molecular formula is C10H12N2O2. The molecule has 0 aromatic carbocycles.